The van der Waals surface area contributed by atoms with Crippen LogP contribution in [0.1, 0.15) is 28.8 Å². The van der Waals surface area contributed by atoms with Gasteiger partial charge in [-0.25, -0.2) is 4.98 Å². The molecule has 0 spiro atoms. The van der Waals surface area contributed by atoms with E-state index in [0.717, 1.165) is 48.2 Å². The van der Waals surface area contributed by atoms with E-state index in [-0.39, 0.29) is 34.7 Å². The minimum absolute atomic E-state index is 0.0432. The fourth-order valence-electron chi connectivity index (χ4n) is 4.78. The van der Waals surface area contributed by atoms with Crippen molar-refractivity contribution in [2.75, 3.05) is 32.1 Å². The number of phenolic OH excluding ortho intramolecular Hbond substituents is 1. The van der Waals surface area contributed by atoms with E-state index < -0.39 is 0 Å². The molecule has 1 fully saturated rings. The molecule has 1 amide bonds. The van der Waals surface area contributed by atoms with E-state index in [4.69, 9.17) is 4.74 Å². The molecular weight excluding hydrogens is 420 g/mol. The molecule has 5 rings (SSSR count). The van der Waals surface area contributed by atoms with Crippen molar-refractivity contribution in [1.29, 1.82) is 0 Å². The van der Waals surface area contributed by atoms with Crippen LogP contribution in [0, 0.1) is 5.92 Å². The first-order valence-corrected chi connectivity index (χ1v) is 11.0. The Hall–Kier alpha value is -3.81. The highest BCUT2D eigenvalue weighted by Gasteiger charge is 2.31. The van der Waals surface area contributed by atoms with Crippen LogP contribution in [-0.2, 0) is 11.8 Å². The molecule has 0 radical (unpaired) electrons. The van der Waals surface area contributed by atoms with E-state index in [0.29, 0.717) is 5.75 Å². The Morgan fingerprint density at radius 3 is 2.70 bits per heavy atom. The Morgan fingerprint density at radius 2 is 2.00 bits per heavy atom. The predicted octanol–water partition coefficient (Wildman–Crippen LogP) is 3.20. The summed E-state index contributed by atoms with van der Waals surface area (Å²) in [7, 11) is 5.52. The third-order valence-corrected chi connectivity index (χ3v) is 6.45. The molecule has 1 aromatic carbocycles. The Balaban J connectivity index is 1.50. The molecule has 0 unspecified atom stereocenters. The molecule has 0 bridgehead atoms. The lowest BCUT2D eigenvalue weighted by atomic mass is 9.95. The van der Waals surface area contributed by atoms with Crippen molar-refractivity contribution in [3.05, 3.63) is 53.5 Å². The number of rotatable bonds is 3. The second kappa shape index (κ2) is 7.95. The molecule has 2 aliphatic rings. The normalized spacial score (nSPS) is 17.5. The number of benzene rings is 1. The fourth-order valence-corrected chi connectivity index (χ4v) is 4.78. The van der Waals surface area contributed by atoms with E-state index >= 15 is 0 Å². The smallest absolute Gasteiger partial charge is 0.235 e. The summed E-state index contributed by atoms with van der Waals surface area (Å²) in [6.45, 7) is 1.53. The topological polar surface area (TPSA) is 87.9 Å². The number of piperidine rings is 1. The zero-order valence-corrected chi connectivity index (χ0v) is 18.9. The molecule has 0 atom stereocenters. The Bertz CT molecular complexity index is 1300. The van der Waals surface area contributed by atoms with Gasteiger partial charge < -0.3 is 24.2 Å². The lowest BCUT2D eigenvalue weighted by molar-refractivity contribution is -0.133. The number of phenols is 1. The number of nitrogens with zero attached hydrogens (tertiary/aromatic N) is 4. The van der Waals surface area contributed by atoms with Gasteiger partial charge in [0.2, 0.25) is 11.7 Å². The number of hydrogen-bond acceptors (Lipinski definition) is 6. The maximum Gasteiger partial charge on any atom is 0.235 e. The number of amides is 1. The third kappa shape index (κ3) is 3.51. The van der Waals surface area contributed by atoms with Crippen LogP contribution in [0.3, 0.4) is 0 Å². The van der Waals surface area contributed by atoms with Crippen LogP contribution in [0.25, 0.3) is 17.1 Å². The predicted molar refractivity (Wildman–Crippen MR) is 125 cm³/mol. The van der Waals surface area contributed by atoms with Crippen molar-refractivity contribution >= 4 is 34.5 Å². The van der Waals surface area contributed by atoms with Gasteiger partial charge >= 0.3 is 0 Å². The molecule has 2 aromatic heterocycles. The quantitative estimate of drug-likeness (QED) is 0.622. The number of aromatic nitrogens is 2. The lowest BCUT2D eigenvalue weighted by Crippen LogP contribution is -2.40. The summed E-state index contributed by atoms with van der Waals surface area (Å²) in [5.74, 6) is 0.326. The minimum Gasteiger partial charge on any atom is -0.507 e. The van der Waals surface area contributed by atoms with Gasteiger partial charge in [0.05, 0.1) is 0 Å². The van der Waals surface area contributed by atoms with Crippen molar-refractivity contribution in [3.63, 3.8) is 0 Å². The molecule has 0 aliphatic carbocycles. The second-order valence-electron chi connectivity index (χ2n) is 8.81. The molecule has 8 nitrogen and oxygen atoms in total. The number of ether oxygens (including phenoxy) is 1. The van der Waals surface area contributed by atoms with Gasteiger partial charge in [-0.1, -0.05) is 6.07 Å². The van der Waals surface area contributed by atoms with Crippen LogP contribution in [0.4, 0.5) is 5.69 Å². The zero-order chi connectivity index (χ0) is 23.3. The number of hydrogen-bond donors (Lipinski definition) is 1. The van der Waals surface area contributed by atoms with Gasteiger partial charge in [-0.15, -0.1) is 0 Å². The fraction of sp³-hybridized carbons (Fsp3) is 0.320. The number of fused-ring (bicyclic) bond motifs is 2. The number of aryl methyl sites for hydroxylation is 1. The Kier molecular flexibility index (Phi) is 5.08. The largest absolute Gasteiger partial charge is 0.507 e. The van der Waals surface area contributed by atoms with E-state index in [9.17, 15) is 14.7 Å². The van der Waals surface area contributed by atoms with Crippen LogP contribution in [0.15, 0.2) is 42.4 Å². The number of carbonyl (C=O) groups excluding carboxylic acids is 2. The molecule has 170 valence electrons. The number of pyridine rings is 1. The average molecular weight is 447 g/mol. The molecule has 3 aromatic rings. The highest BCUT2D eigenvalue weighted by Crippen LogP contribution is 2.39. The first-order valence-electron chi connectivity index (χ1n) is 11.0. The number of ketones is 1. The molecule has 33 heavy (non-hydrogen) atoms. The summed E-state index contributed by atoms with van der Waals surface area (Å²) in [5.41, 5.74) is 2.83. The van der Waals surface area contributed by atoms with Crippen LogP contribution >= 0.6 is 0 Å². The summed E-state index contributed by atoms with van der Waals surface area (Å²) >= 11 is 0. The van der Waals surface area contributed by atoms with Crippen molar-refractivity contribution < 1.29 is 19.4 Å². The van der Waals surface area contributed by atoms with Crippen molar-refractivity contribution in [1.82, 2.24) is 14.5 Å². The van der Waals surface area contributed by atoms with Crippen molar-refractivity contribution in [2.45, 2.75) is 12.8 Å². The van der Waals surface area contributed by atoms with Crippen LogP contribution in [-0.4, -0.2) is 58.4 Å². The first-order chi connectivity index (χ1) is 15.8. The van der Waals surface area contributed by atoms with Crippen molar-refractivity contribution in [2.24, 2.45) is 13.0 Å². The highest BCUT2D eigenvalue weighted by atomic mass is 16.5. The molecule has 2 aliphatic heterocycles. The van der Waals surface area contributed by atoms with Gasteiger partial charge in [0, 0.05) is 69.2 Å². The van der Waals surface area contributed by atoms with Crippen LogP contribution in [0.5, 0.6) is 11.5 Å². The maximum absolute atomic E-state index is 12.9. The third-order valence-electron chi connectivity index (χ3n) is 6.45. The first kappa shape index (κ1) is 21.1. The summed E-state index contributed by atoms with van der Waals surface area (Å²) in [6, 6.07) is 6.78. The Morgan fingerprint density at radius 1 is 1.24 bits per heavy atom. The van der Waals surface area contributed by atoms with E-state index in [1.165, 1.54) is 6.07 Å². The van der Waals surface area contributed by atoms with E-state index in [2.05, 4.69) is 9.88 Å². The highest BCUT2D eigenvalue weighted by molar-refractivity contribution is 6.17. The number of allylic oxidation sites excluding steroid dienone is 1. The van der Waals surface area contributed by atoms with Crippen LogP contribution < -0.4 is 9.64 Å². The molecule has 1 N–H and O–H groups in total. The zero-order valence-electron chi connectivity index (χ0n) is 18.9. The maximum atomic E-state index is 12.9. The molecule has 8 heteroatoms. The van der Waals surface area contributed by atoms with Gasteiger partial charge in [0.25, 0.3) is 0 Å². The van der Waals surface area contributed by atoms with Gasteiger partial charge in [-0.3, -0.25) is 9.59 Å². The summed E-state index contributed by atoms with van der Waals surface area (Å²) in [4.78, 5) is 33.8. The van der Waals surface area contributed by atoms with E-state index in [1.54, 1.807) is 43.4 Å². The number of anilines is 1. The standard InChI is InChI=1S/C25H26N4O4/c1-27(2)25(32)15-8-11-29(12-9-15)17-7-10-26-24-21(17)16(14-28(24)3)13-20-23(31)22-18(30)5-4-6-19(22)33-20/h4-7,10,13-15,30H,8-9,11-12H2,1-3H3. The van der Waals surface area contributed by atoms with Gasteiger partial charge in [-0.05, 0) is 37.1 Å². The van der Waals surface area contributed by atoms with Crippen molar-refractivity contribution in [3.8, 4) is 11.5 Å². The summed E-state index contributed by atoms with van der Waals surface area (Å²) in [5, 5.41) is 11.0. The minimum atomic E-state index is -0.339. The SMILES string of the molecule is CN(C)C(=O)C1CCN(c2ccnc3c2c(C=C2Oc4cccc(O)c4C2=O)cn3C)CC1. The second-order valence-corrected chi connectivity index (χ2v) is 8.81. The molecule has 4 heterocycles. The summed E-state index contributed by atoms with van der Waals surface area (Å²) in [6.07, 6.45) is 7.02. The number of carbonyl (C=O) groups is 2. The number of Topliss-reactive ketones (excluding diaryl/α,β-unsaturated/α-hetero) is 1. The lowest BCUT2D eigenvalue weighted by Gasteiger charge is -2.34. The molecule has 0 saturated carbocycles. The monoisotopic (exact) mass is 446 g/mol. The molecule has 1 saturated heterocycles. The van der Waals surface area contributed by atoms with Gasteiger partial charge in [-0.2, -0.15) is 0 Å². The van der Waals surface area contributed by atoms with Gasteiger partial charge in [0.1, 0.15) is 22.7 Å². The number of aromatic hydroxyl groups is 1. The molecular formula is C25H26N4O4. The van der Waals surface area contributed by atoms with Crippen LogP contribution in [0.2, 0.25) is 0 Å². The Labute approximate surface area is 191 Å². The average Bonchev–Trinajstić information content (AvgIpc) is 3.30. The summed E-state index contributed by atoms with van der Waals surface area (Å²) < 4.78 is 7.70. The van der Waals surface area contributed by atoms with E-state index in [1.807, 2.05) is 23.9 Å². The van der Waals surface area contributed by atoms with Gasteiger partial charge in [0.15, 0.2) is 5.76 Å².